The Morgan fingerprint density at radius 3 is 2.85 bits per heavy atom. The van der Waals surface area contributed by atoms with Crippen molar-refractivity contribution < 1.29 is 4.74 Å². The molecule has 112 valence electrons. The van der Waals surface area contributed by atoms with Crippen molar-refractivity contribution in [2.75, 3.05) is 38.3 Å². The van der Waals surface area contributed by atoms with Crippen molar-refractivity contribution in [2.24, 2.45) is 0 Å². The maximum absolute atomic E-state index is 12.0. The Kier molecular flexibility index (Phi) is 5.55. The SMILES string of the molecule is COCC(C)NCCn1ncc(N2CCCC2)cc1=O. The second-order valence-electron chi connectivity index (χ2n) is 5.28. The molecule has 1 aromatic heterocycles. The molecular formula is C14H24N4O2. The van der Waals surface area contributed by atoms with E-state index in [2.05, 4.69) is 22.2 Å². The molecule has 0 saturated carbocycles. The zero-order chi connectivity index (χ0) is 14.4. The van der Waals surface area contributed by atoms with Gasteiger partial charge in [0.05, 0.1) is 25.0 Å². The number of hydrogen-bond donors (Lipinski definition) is 1. The van der Waals surface area contributed by atoms with E-state index in [0.717, 1.165) is 18.8 Å². The topological polar surface area (TPSA) is 59.4 Å². The Morgan fingerprint density at radius 2 is 2.20 bits per heavy atom. The summed E-state index contributed by atoms with van der Waals surface area (Å²) in [5, 5.41) is 7.55. The normalized spacial score (nSPS) is 16.6. The Balaban J connectivity index is 1.88. The summed E-state index contributed by atoms with van der Waals surface area (Å²) in [5.41, 5.74) is 0.917. The van der Waals surface area contributed by atoms with Gasteiger partial charge in [0.2, 0.25) is 0 Å². The minimum atomic E-state index is -0.0319. The van der Waals surface area contributed by atoms with Crippen LogP contribution in [0.4, 0.5) is 5.69 Å². The molecule has 1 N–H and O–H groups in total. The van der Waals surface area contributed by atoms with Crippen LogP contribution in [-0.2, 0) is 11.3 Å². The minimum absolute atomic E-state index is 0.0319. The summed E-state index contributed by atoms with van der Waals surface area (Å²) < 4.78 is 6.56. The fraction of sp³-hybridized carbons (Fsp3) is 0.714. The fourth-order valence-electron chi connectivity index (χ4n) is 2.47. The second kappa shape index (κ2) is 7.40. The zero-order valence-electron chi connectivity index (χ0n) is 12.3. The average Bonchev–Trinajstić information content (AvgIpc) is 2.95. The highest BCUT2D eigenvalue weighted by Crippen LogP contribution is 2.16. The van der Waals surface area contributed by atoms with Gasteiger partial charge in [-0.1, -0.05) is 0 Å². The lowest BCUT2D eigenvalue weighted by Crippen LogP contribution is -2.35. The molecule has 0 amide bonds. The molecule has 1 aliphatic heterocycles. The molecule has 6 nitrogen and oxygen atoms in total. The van der Waals surface area contributed by atoms with E-state index >= 15 is 0 Å². The molecule has 1 fully saturated rings. The first-order valence-corrected chi connectivity index (χ1v) is 7.25. The van der Waals surface area contributed by atoms with Crippen LogP contribution >= 0.6 is 0 Å². The maximum atomic E-state index is 12.0. The maximum Gasteiger partial charge on any atom is 0.268 e. The van der Waals surface area contributed by atoms with E-state index in [1.165, 1.54) is 17.5 Å². The van der Waals surface area contributed by atoms with E-state index in [0.29, 0.717) is 19.7 Å². The first-order chi connectivity index (χ1) is 9.70. The smallest absolute Gasteiger partial charge is 0.268 e. The second-order valence-corrected chi connectivity index (χ2v) is 5.28. The Morgan fingerprint density at radius 1 is 1.45 bits per heavy atom. The number of nitrogens with zero attached hydrogens (tertiary/aromatic N) is 3. The number of aromatic nitrogens is 2. The summed E-state index contributed by atoms with van der Waals surface area (Å²) in [7, 11) is 1.68. The molecule has 1 aromatic rings. The van der Waals surface area contributed by atoms with E-state index in [4.69, 9.17) is 4.74 Å². The van der Waals surface area contributed by atoms with Crippen LogP contribution < -0.4 is 15.8 Å². The van der Waals surface area contributed by atoms with E-state index < -0.39 is 0 Å². The van der Waals surface area contributed by atoms with Gasteiger partial charge in [-0.05, 0) is 19.8 Å². The lowest BCUT2D eigenvalue weighted by Gasteiger charge is -2.17. The molecule has 0 radical (unpaired) electrons. The van der Waals surface area contributed by atoms with E-state index in [-0.39, 0.29) is 11.6 Å². The molecule has 20 heavy (non-hydrogen) atoms. The fourth-order valence-corrected chi connectivity index (χ4v) is 2.47. The molecular weight excluding hydrogens is 256 g/mol. The predicted octanol–water partition coefficient (Wildman–Crippen LogP) is 0.468. The standard InChI is InChI=1S/C14H24N4O2/c1-12(11-20-2)15-5-8-18-14(19)9-13(10-16-18)17-6-3-4-7-17/h9-10,12,15H,3-8,11H2,1-2H3. The van der Waals surface area contributed by atoms with Crippen LogP contribution in [0.2, 0.25) is 0 Å². The molecule has 1 aliphatic rings. The highest BCUT2D eigenvalue weighted by Gasteiger charge is 2.13. The summed E-state index contributed by atoms with van der Waals surface area (Å²) in [4.78, 5) is 14.2. The van der Waals surface area contributed by atoms with E-state index in [1.807, 2.05) is 0 Å². The van der Waals surface area contributed by atoms with Gasteiger partial charge in [-0.2, -0.15) is 5.10 Å². The van der Waals surface area contributed by atoms with Crippen LogP contribution in [0.5, 0.6) is 0 Å². The summed E-state index contributed by atoms with van der Waals surface area (Å²) in [6, 6.07) is 1.97. The van der Waals surface area contributed by atoms with Gasteiger partial charge in [0.15, 0.2) is 0 Å². The van der Waals surface area contributed by atoms with Gasteiger partial charge >= 0.3 is 0 Å². The van der Waals surface area contributed by atoms with Crippen molar-refractivity contribution in [1.29, 1.82) is 0 Å². The highest BCUT2D eigenvalue weighted by atomic mass is 16.5. The Labute approximate surface area is 119 Å². The summed E-state index contributed by atoms with van der Waals surface area (Å²) in [6.07, 6.45) is 4.19. The molecule has 2 heterocycles. The Bertz CT molecular complexity index is 468. The number of nitrogens with one attached hydrogen (secondary N) is 1. The lowest BCUT2D eigenvalue weighted by atomic mass is 10.3. The van der Waals surface area contributed by atoms with Gasteiger partial charge in [0, 0.05) is 38.9 Å². The van der Waals surface area contributed by atoms with Crippen LogP contribution in [0.3, 0.4) is 0 Å². The van der Waals surface area contributed by atoms with Crippen LogP contribution in [0.25, 0.3) is 0 Å². The van der Waals surface area contributed by atoms with E-state index in [9.17, 15) is 4.79 Å². The summed E-state index contributed by atoms with van der Waals surface area (Å²) >= 11 is 0. The van der Waals surface area contributed by atoms with Crippen molar-refractivity contribution in [3.63, 3.8) is 0 Å². The average molecular weight is 280 g/mol. The van der Waals surface area contributed by atoms with Crippen molar-refractivity contribution in [3.8, 4) is 0 Å². The number of hydrogen-bond acceptors (Lipinski definition) is 5. The van der Waals surface area contributed by atoms with Crippen LogP contribution in [-0.4, -0.2) is 49.2 Å². The molecule has 2 rings (SSSR count). The molecule has 6 heteroatoms. The molecule has 0 spiro atoms. The highest BCUT2D eigenvalue weighted by molar-refractivity contribution is 5.43. The minimum Gasteiger partial charge on any atom is -0.383 e. The van der Waals surface area contributed by atoms with Crippen molar-refractivity contribution >= 4 is 5.69 Å². The number of ether oxygens (including phenoxy) is 1. The molecule has 0 aliphatic carbocycles. The quantitative estimate of drug-likeness (QED) is 0.786. The van der Waals surface area contributed by atoms with E-state index in [1.54, 1.807) is 19.4 Å². The van der Waals surface area contributed by atoms with Gasteiger partial charge in [-0.15, -0.1) is 0 Å². The molecule has 0 bridgehead atoms. The van der Waals surface area contributed by atoms with Gasteiger partial charge in [-0.25, -0.2) is 4.68 Å². The third kappa shape index (κ3) is 4.05. The first-order valence-electron chi connectivity index (χ1n) is 7.25. The van der Waals surface area contributed by atoms with Crippen LogP contribution in [0.1, 0.15) is 19.8 Å². The van der Waals surface area contributed by atoms with Gasteiger partial charge in [0.1, 0.15) is 0 Å². The third-order valence-corrected chi connectivity index (χ3v) is 3.56. The third-order valence-electron chi connectivity index (χ3n) is 3.56. The number of methoxy groups -OCH3 is 1. The van der Waals surface area contributed by atoms with Gasteiger partial charge < -0.3 is 15.0 Å². The molecule has 0 aromatic carbocycles. The van der Waals surface area contributed by atoms with Crippen LogP contribution in [0, 0.1) is 0 Å². The number of rotatable bonds is 7. The van der Waals surface area contributed by atoms with Crippen molar-refractivity contribution in [2.45, 2.75) is 32.4 Å². The monoisotopic (exact) mass is 280 g/mol. The van der Waals surface area contributed by atoms with Gasteiger partial charge in [0.25, 0.3) is 5.56 Å². The van der Waals surface area contributed by atoms with Crippen molar-refractivity contribution in [3.05, 3.63) is 22.6 Å². The van der Waals surface area contributed by atoms with Crippen molar-refractivity contribution in [1.82, 2.24) is 15.1 Å². The zero-order valence-corrected chi connectivity index (χ0v) is 12.3. The molecule has 1 atom stereocenters. The summed E-state index contributed by atoms with van der Waals surface area (Å²) in [6.45, 7) is 6.06. The van der Waals surface area contributed by atoms with Crippen LogP contribution in [0.15, 0.2) is 17.1 Å². The lowest BCUT2D eigenvalue weighted by molar-refractivity contribution is 0.171. The number of anilines is 1. The predicted molar refractivity (Wildman–Crippen MR) is 79.3 cm³/mol. The molecule has 1 unspecified atom stereocenters. The van der Waals surface area contributed by atoms with Gasteiger partial charge in [-0.3, -0.25) is 4.79 Å². The first kappa shape index (κ1) is 15.0. The largest absolute Gasteiger partial charge is 0.383 e. The Hall–Kier alpha value is -1.40. The molecule has 1 saturated heterocycles. The summed E-state index contributed by atoms with van der Waals surface area (Å²) in [5.74, 6) is 0.